The zero-order valence-electron chi connectivity index (χ0n) is 25.4. The summed E-state index contributed by atoms with van der Waals surface area (Å²) < 4.78 is 43.0. The van der Waals surface area contributed by atoms with Gasteiger partial charge in [0.15, 0.2) is 9.84 Å². The maximum atomic E-state index is 13.6. The van der Waals surface area contributed by atoms with Gasteiger partial charge in [-0.3, -0.25) is 4.79 Å². The molecule has 0 radical (unpaired) electrons. The largest absolute Gasteiger partial charge is 0.497 e. The van der Waals surface area contributed by atoms with Crippen LogP contribution in [-0.2, 0) is 31.3 Å². The lowest BCUT2D eigenvalue weighted by molar-refractivity contribution is -0.119. The number of sulfone groups is 1. The standard InChI is InChI=1S/C33H33N5O7S/c1-43-25-10-7-23(8-11-25)22-5-3-20(4-6-22)17-38-27-13-24(9-12-28(27)46(41,42)18-26(34)30(38)39)29-35-36-31(45-29)33-14-21(15-33)16-37(19-33)32(40)44-2/h3-13,21,26H,14-19,34H2,1-2H3/t21?,26-,33?/m0/s1. The van der Waals surface area contributed by atoms with E-state index in [0.717, 1.165) is 35.3 Å². The first-order valence-corrected chi connectivity index (χ1v) is 16.6. The van der Waals surface area contributed by atoms with Crippen molar-refractivity contribution >= 4 is 27.5 Å². The van der Waals surface area contributed by atoms with Gasteiger partial charge in [-0.05, 0) is 65.8 Å². The number of rotatable bonds is 6. The summed E-state index contributed by atoms with van der Waals surface area (Å²) in [5, 5.41) is 8.63. The molecule has 238 valence electrons. The molecule has 1 aromatic heterocycles. The van der Waals surface area contributed by atoms with Gasteiger partial charge >= 0.3 is 6.09 Å². The van der Waals surface area contributed by atoms with Gasteiger partial charge in [-0.15, -0.1) is 10.2 Å². The minimum absolute atomic E-state index is 0.00794. The highest BCUT2D eigenvalue weighted by molar-refractivity contribution is 7.91. The molecule has 46 heavy (non-hydrogen) atoms. The molecule has 4 aromatic rings. The molecule has 0 spiro atoms. The Morgan fingerprint density at radius 3 is 2.35 bits per heavy atom. The maximum Gasteiger partial charge on any atom is 0.409 e. The first-order valence-electron chi connectivity index (χ1n) is 14.9. The average molecular weight is 644 g/mol. The number of anilines is 1. The fourth-order valence-electron chi connectivity index (χ4n) is 6.88. The van der Waals surface area contributed by atoms with Gasteiger partial charge in [0, 0.05) is 18.7 Å². The summed E-state index contributed by atoms with van der Waals surface area (Å²) in [7, 11) is -0.904. The summed E-state index contributed by atoms with van der Waals surface area (Å²) >= 11 is 0. The number of hydrogen-bond acceptors (Lipinski definition) is 10. The lowest BCUT2D eigenvalue weighted by Crippen LogP contribution is -2.60. The highest BCUT2D eigenvalue weighted by atomic mass is 32.2. The number of amides is 2. The number of nitrogens with two attached hydrogens (primary N) is 1. The number of carbonyl (C=O) groups is 2. The molecular weight excluding hydrogens is 610 g/mol. The van der Waals surface area contributed by atoms with Gasteiger partial charge in [0.1, 0.15) is 5.75 Å². The Morgan fingerprint density at radius 1 is 1.00 bits per heavy atom. The second-order valence-corrected chi connectivity index (χ2v) is 14.2. The number of benzene rings is 3. The number of ether oxygens (including phenoxy) is 2. The third kappa shape index (κ3) is 5.18. The molecule has 12 nitrogen and oxygen atoms in total. The smallest absolute Gasteiger partial charge is 0.409 e. The Balaban J connectivity index is 1.20. The van der Waals surface area contributed by atoms with Crippen LogP contribution in [-0.4, -0.2) is 74.6 Å². The number of hydrogen-bond donors (Lipinski definition) is 1. The van der Waals surface area contributed by atoms with Crippen molar-refractivity contribution in [3.63, 3.8) is 0 Å². The quantitative estimate of drug-likeness (QED) is 0.328. The number of piperidine rings is 2. The van der Waals surface area contributed by atoms with Crippen molar-refractivity contribution in [3.05, 3.63) is 78.2 Å². The van der Waals surface area contributed by atoms with Crippen LogP contribution in [0.25, 0.3) is 22.6 Å². The molecule has 2 saturated heterocycles. The molecule has 1 aliphatic carbocycles. The van der Waals surface area contributed by atoms with Crippen LogP contribution < -0.4 is 15.4 Å². The predicted molar refractivity (Wildman–Crippen MR) is 168 cm³/mol. The summed E-state index contributed by atoms with van der Waals surface area (Å²) in [6.07, 6.45) is 1.25. The van der Waals surface area contributed by atoms with Gasteiger partial charge in [0.25, 0.3) is 0 Å². The Morgan fingerprint density at radius 2 is 1.67 bits per heavy atom. The first-order chi connectivity index (χ1) is 22.1. The van der Waals surface area contributed by atoms with E-state index >= 15 is 0 Å². The van der Waals surface area contributed by atoms with Crippen LogP contribution in [0.5, 0.6) is 5.75 Å². The van der Waals surface area contributed by atoms with E-state index in [4.69, 9.17) is 19.6 Å². The first kappa shape index (κ1) is 29.9. The zero-order valence-corrected chi connectivity index (χ0v) is 26.2. The van der Waals surface area contributed by atoms with Crippen molar-refractivity contribution in [3.8, 4) is 28.3 Å². The fourth-order valence-corrected chi connectivity index (χ4v) is 8.44. The van der Waals surface area contributed by atoms with Crippen molar-refractivity contribution in [1.82, 2.24) is 15.1 Å². The van der Waals surface area contributed by atoms with Gasteiger partial charge in [0.05, 0.1) is 48.6 Å². The highest BCUT2D eigenvalue weighted by Gasteiger charge is 2.55. The second-order valence-electron chi connectivity index (χ2n) is 12.2. The summed E-state index contributed by atoms with van der Waals surface area (Å²) in [6.45, 7) is 1.15. The minimum Gasteiger partial charge on any atom is -0.497 e. The highest BCUT2D eigenvalue weighted by Crippen LogP contribution is 2.52. The number of nitrogens with zero attached hydrogens (tertiary/aromatic N) is 4. The third-order valence-electron chi connectivity index (χ3n) is 9.17. The van der Waals surface area contributed by atoms with Crippen LogP contribution in [0.2, 0.25) is 0 Å². The molecule has 1 saturated carbocycles. The fraction of sp³-hybridized carbons (Fsp3) is 0.333. The van der Waals surface area contributed by atoms with E-state index in [1.54, 1.807) is 24.1 Å². The van der Waals surface area contributed by atoms with E-state index in [2.05, 4.69) is 10.2 Å². The molecule has 2 amide bonds. The summed E-state index contributed by atoms with van der Waals surface area (Å²) in [5.41, 5.74) is 9.12. The molecule has 4 heterocycles. The van der Waals surface area contributed by atoms with Crippen LogP contribution >= 0.6 is 0 Å². The van der Waals surface area contributed by atoms with Crippen molar-refractivity contribution in [2.75, 3.05) is 38.0 Å². The Labute approximate surface area is 266 Å². The van der Waals surface area contributed by atoms with Crippen molar-refractivity contribution in [2.24, 2.45) is 11.7 Å². The molecule has 3 aliphatic heterocycles. The van der Waals surface area contributed by atoms with Crippen LogP contribution in [0, 0.1) is 5.92 Å². The molecule has 8 rings (SSSR count). The normalized spacial score (nSPS) is 23.2. The van der Waals surface area contributed by atoms with Crippen LogP contribution in [0.15, 0.2) is 76.0 Å². The average Bonchev–Trinajstić information content (AvgIpc) is 3.55. The molecule has 1 atom stereocenters. The van der Waals surface area contributed by atoms with Crippen molar-refractivity contribution in [2.45, 2.75) is 35.7 Å². The number of fused-ring (bicyclic) bond motifs is 3. The summed E-state index contributed by atoms with van der Waals surface area (Å²) in [4.78, 5) is 28.9. The van der Waals surface area contributed by atoms with E-state index in [9.17, 15) is 18.0 Å². The molecule has 3 fully saturated rings. The minimum atomic E-state index is -3.88. The van der Waals surface area contributed by atoms with Gasteiger partial charge in [-0.1, -0.05) is 36.4 Å². The second kappa shape index (κ2) is 11.2. The van der Waals surface area contributed by atoms with Gasteiger partial charge in [0.2, 0.25) is 17.7 Å². The topological polar surface area (TPSA) is 158 Å². The van der Waals surface area contributed by atoms with E-state index in [0.29, 0.717) is 30.5 Å². The Hall–Kier alpha value is -4.75. The summed E-state index contributed by atoms with van der Waals surface area (Å²) in [6, 6.07) is 18.8. The zero-order chi connectivity index (χ0) is 32.2. The number of aromatic nitrogens is 2. The van der Waals surface area contributed by atoms with Crippen molar-refractivity contribution in [1.29, 1.82) is 0 Å². The van der Waals surface area contributed by atoms with Gasteiger partial charge in [-0.2, -0.15) is 0 Å². The maximum absolute atomic E-state index is 13.6. The van der Waals surface area contributed by atoms with Gasteiger partial charge in [-0.25, -0.2) is 13.2 Å². The molecule has 2 N–H and O–H groups in total. The molecule has 3 aromatic carbocycles. The summed E-state index contributed by atoms with van der Waals surface area (Å²) in [5.74, 6) is 0.687. The van der Waals surface area contributed by atoms with Crippen LogP contribution in [0.4, 0.5) is 10.5 Å². The molecule has 13 heteroatoms. The number of carbonyl (C=O) groups excluding carboxylic acids is 2. The van der Waals surface area contributed by atoms with E-state index in [1.807, 2.05) is 48.5 Å². The molecular formula is C33H33N5O7S. The molecule has 0 unspecified atom stereocenters. The molecule has 4 aliphatic rings. The van der Waals surface area contributed by atoms with Crippen LogP contribution in [0.3, 0.4) is 0 Å². The third-order valence-corrected chi connectivity index (χ3v) is 11.0. The van der Waals surface area contributed by atoms with E-state index < -0.39 is 33.0 Å². The SMILES string of the molecule is COC(=O)N1CC2CC(c3nnc(-c4ccc5c(c4)N(Cc4ccc(-c6ccc(OC)cc6)cc4)C(=O)[C@@H](N)CS5(=O)=O)o3)(C2)C1. The monoisotopic (exact) mass is 643 g/mol. The van der Waals surface area contributed by atoms with E-state index in [1.165, 1.54) is 18.1 Å². The predicted octanol–water partition coefficient (Wildman–Crippen LogP) is 3.79. The lowest BCUT2D eigenvalue weighted by Gasteiger charge is -2.53. The number of methoxy groups -OCH3 is 2. The Bertz CT molecular complexity index is 1920. The lowest BCUT2D eigenvalue weighted by atomic mass is 9.58. The van der Waals surface area contributed by atoms with E-state index in [-0.39, 0.29) is 29.1 Å². The molecule has 2 bridgehead atoms. The van der Waals surface area contributed by atoms with Gasteiger partial charge < -0.3 is 29.4 Å². The van der Waals surface area contributed by atoms with Crippen molar-refractivity contribution < 1.29 is 31.9 Å². The van der Waals surface area contributed by atoms with Crippen LogP contribution in [0.1, 0.15) is 24.3 Å². The Kier molecular flexibility index (Phi) is 7.32.